The van der Waals surface area contributed by atoms with Crippen LogP contribution >= 0.6 is 0 Å². The average molecular weight is 497 g/mol. The van der Waals surface area contributed by atoms with E-state index in [1.54, 1.807) is 0 Å². The molecule has 0 N–H and O–H groups in total. The lowest BCUT2D eigenvalue weighted by molar-refractivity contribution is 0.0223. The molecule has 0 bridgehead atoms. The molecule has 4 nitrogen and oxygen atoms in total. The minimum absolute atomic E-state index is 0.333. The van der Waals surface area contributed by atoms with E-state index in [2.05, 4.69) is 0 Å². The molecule has 35 heavy (non-hydrogen) atoms. The van der Waals surface area contributed by atoms with Gasteiger partial charge in [-0.15, -0.1) is 0 Å². The van der Waals surface area contributed by atoms with Crippen molar-refractivity contribution < 1.29 is 18.9 Å². The molecule has 4 aromatic rings. The average Bonchev–Trinajstić information content (AvgIpc) is 2.91. The lowest BCUT2D eigenvalue weighted by Crippen LogP contribution is -2.27. The van der Waals surface area contributed by atoms with Gasteiger partial charge in [-0.3, -0.25) is 0 Å². The highest BCUT2D eigenvalue weighted by molar-refractivity contribution is 6.55. The highest BCUT2D eigenvalue weighted by atomic mass is 28.3. The summed E-state index contributed by atoms with van der Waals surface area (Å²) in [7, 11) is 1.41. The molecular weight excluding hydrogens is 468 g/mol. The van der Waals surface area contributed by atoms with Gasteiger partial charge in [-0.25, -0.2) is 0 Å². The van der Waals surface area contributed by atoms with E-state index in [0.717, 1.165) is 40.8 Å². The number of para-hydroxylation sites is 4. The number of rotatable bonds is 14. The van der Waals surface area contributed by atoms with Crippen molar-refractivity contribution in [1.82, 2.24) is 0 Å². The fourth-order valence-corrected chi connectivity index (χ4v) is 5.95. The third kappa shape index (κ3) is 9.00. The molecule has 4 aromatic carbocycles. The van der Waals surface area contributed by atoms with Crippen molar-refractivity contribution in [3.05, 3.63) is 121 Å². The summed E-state index contributed by atoms with van der Waals surface area (Å²) in [5.74, 6) is 3.25. The summed E-state index contributed by atoms with van der Waals surface area (Å²) >= 11 is 0. The van der Waals surface area contributed by atoms with Crippen LogP contribution in [0.15, 0.2) is 121 Å². The molecule has 0 aliphatic heterocycles. The van der Waals surface area contributed by atoms with Gasteiger partial charge in [0.15, 0.2) is 0 Å². The molecule has 0 aliphatic carbocycles. The maximum Gasteiger partial charge on any atom is 0.238 e. The van der Waals surface area contributed by atoms with Crippen LogP contribution in [-0.2, 0) is 0 Å². The Labute approximate surface area is 212 Å². The van der Waals surface area contributed by atoms with Gasteiger partial charge in [-0.05, 0) is 48.5 Å². The molecule has 0 saturated heterocycles. The maximum absolute atomic E-state index is 6.14. The SMILES string of the molecule is c1ccc(OC(C[Si]C[Si]CC(Oc2ccccc2)Oc2ccccc2)Oc2ccccc2)cc1. The van der Waals surface area contributed by atoms with Crippen LogP contribution < -0.4 is 18.9 Å². The molecule has 4 radical (unpaired) electrons. The van der Waals surface area contributed by atoms with Crippen molar-refractivity contribution >= 4 is 19.0 Å². The number of ether oxygens (including phenoxy) is 4. The standard InChI is InChI=1S/C29H28O4Si2/c1-5-13-24(14-6-1)30-28(31-25-15-7-2-8-16-25)21-34-23-35-22-29(32-26-17-9-3-10-18-26)33-27-19-11-4-12-20-27/h1-20,28-29H,21-23H2. The molecule has 0 saturated carbocycles. The molecular formula is C29H28O4Si2. The van der Waals surface area contributed by atoms with Gasteiger partial charge in [0.25, 0.3) is 0 Å². The van der Waals surface area contributed by atoms with E-state index in [1.165, 1.54) is 0 Å². The predicted octanol–water partition coefficient (Wildman–Crippen LogP) is 6.58. The molecule has 6 heteroatoms. The van der Waals surface area contributed by atoms with Crippen molar-refractivity contribution in [3.8, 4) is 23.0 Å². The first-order valence-corrected chi connectivity index (χ1v) is 14.5. The molecule has 0 fully saturated rings. The zero-order valence-corrected chi connectivity index (χ0v) is 21.5. The Kier molecular flexibility index (Phi) is 9.88. The normalized spacial score (nSPS) is 10.8. The number of hydrogen-bond acceptors (Lipinski definition) is 4. The van der Waals surface area contributed by atoms with Gasteiger partial charge in [0, 0.05) is 31.1 Å². The Morgan fingerprint density at radius 3 is 0.914 bits per heavy atom. The second-order valence-electron chi connectivity index (χ2n) is 7.67. The van der Waals surface area contributed by atoms with Crippen LogP contribution in [0.4, 0.5) is 0 Å². The molecule has 0 spiro atoms. The molecule has 0 heterocycles. The quantitative estimate of drug-likeness (QED) is 0.112. The van der Waals surface area contributed by atoms with E-state index in [4.69, 9.17) is 18.9 Å². The zero-order chi connectivity index (χ0) is 24.0. The summed E-state index contributed by atoms with van der Waals surface area (Å²) in [6.07, 6.45) is -0.667. The van der Waals surface area contributed by atoms with Gasteiger partial charge in [0.05, 0.1) is 0 Å². The fourth-order valence-electron chi connectivity index (χ4n) is 3.29. The van der Waals surface area contributed by atoms with Crippen LogP contribution in [0.1, 0.15) is 0 Å². The largest absolute Gasteiger partial charge is 0.455 e. The van der Waals surface area contributed by atoms with E-state index < -0.39 is 0 Å². The van der Waals surface area contributed by atoms with E-state index in [9.17, 15) is 0 Å². The lowest BCUT2D eigenvalue weighted by Gasteiger charge is -2.21. The Morgan fingerprint density at radius 2 is 0.657 bits per heavy atom. The van der Waals surface area contributed by atoms with E-state index in [1.807, 2.05) is 121 Å². The third-order valence-corrected chi connectivity index (χ3v) is 8.16. The van der Waals surface area contributed by atoms with Gasteiger partial charge < -0.3 is 18.9 Å². The van der Waals surface area contributed by atoms with Gasteiger partial charge >= 0.3 is 0 Å². The minimum atomic E-state index is -0.333. The summed E-state index contributed by atoms with van der Waals surface area (Å²) in [5, 5.41) is 0. The van der Waals surface area contributed by atoms with E-state index in [0.29, 0.717) is 19.0 Å². The summed E-state index contributed by atoms with van der Waals surface area (Å²) in [6.45, 7) is 0. The highest BCUT2D eigenvalue weighted by Crippen LogP contribution is 2.20. The molecule has 0 amide bonds. The van der Waals surface area contributed by atoms with Crippen LogP contribution in [0.2, 0.25) is 17.8 Å². The maximum atomic E-state index is 6.14. The Balaban J connectivity index is 1.28. The first-order valence-electron chi connectivity index (χ1n) is 11.6. The van der Waals surface area contributed by atoms with Gasteiger partial charge in [0.1, 0.15) is 23.0 Å². The van der Waals surface area contributed by atoms with Gasteiger partial charge in [-0.2, -0.15) is 0 Å². The Hall–Kier alpha value is -3.49. The van der Waals surface area contributed by atoms with E-state index >= 15 is 0 Å². The molecule has 0 aliphatic rings. The topological polar surface area (TPSA) is 36.9 Å². The zero-order valence-electron chi connectivity index (χ0n) is 19.5. The van der Waals surface area contributed by atoms with E-state index in [-0.39, 0.29) is 12.6 Å². The summed E-state index contributed by atoms with van der Waals surface area (Å²) < 4.78 is 24.6. The summed E-state index contributed by atoms with van der Waals surface area (Å²) in [5.41, 5.74) is 1.07. The second kappa shape index (κ2) is 14.0. The first kappa shape index (κ1) is 24.6. The Morgan fingerprint density at radius 1 is 0.400 bits per heavy atom. The van der Waals surface area contributed by atoms with Crippen LogP contribution in [0.5, 0.6) is 23.0 Å². The summed E-state index contributed by atoms with van der Waals surface area (Å²) in [6, 6.07) is 41.0. The smallest absolute Gasteiger partial charge is 0.238 e. The van der Waals surface area contributed by atoms with Gasteiger partial charge in [-0.1, -0.05) is 78.5 Å². The second-order valence-corrected chi connectivity index (χ2v) is 10.9. The van der Waals surface area contributed by atoms with Crippen LogP contribution in [0.25, 0.3) is 0 Å². The minimum Gasteiger partial charge on any atom is -0.455 e. The van der Waals surface area contributed by atoms with Crippen molar-refractivity contribution in [3.63, 3.8) is 0 Å². The molecule has 0 unspecified atom stereocenters. The molecule has 0 aromatic heterocycles. The van der Waals surface area contributed by atoms with Crippen LogP contribution in [0.3, 0.4) is 0 Å². The van der Waals surface area contributed by atoms with Crippen LogP contribution in [0, 0.1) is 0 Å². The molecule has 176 valence electrons. The Bertz CT molecular complexity index is 911. The first-order chi connectivity index (χ1) is 17.3. The summed E-state index contributed by atoms with van der Waals surface area (Å²) in [4.78, 5) is 0. The van der Waals surface area contributed by atoms with Crippen LogP contribution in [-0.4, -0.2) is 31.6 Å². The lowest BCUT2D eigenvalue weighted by atomic mass is 10.3. The van der Waals surface area contributed by atoms with Crippen molar-refractivity contribution in [1.29, 1.82) is 0 Å². The number of hydrogen-bond donors (Lipinski definition) is 0. The van der Waals surface area contributed by atoms with Gasteiger partial charge in [0.2, 0.25) is 12.6 Å². The highest BCUT2D eigenvalue weighted by Gasteiger charge is 2.16. The van der Waals surface area contributed by atoms with Crippen molar-refractivity contribution in [2.45, 2.75) is 30.3 Å². The fraction of sp³-hybridized carbons (Fsp3) is 0.172. The molecule has 4 rings (SSSR count). The third-order valence-electron chi connectivity index (χ3n) is 4.91. The monoisotopic (exact) mass is 496 g/mol. The predicted molar refractivity (Wildman–Crippen MR) is 142 cm³/mol. The number of benzene rings is 4. The van der Waals surface area contributed by atoms with Crippen molar-refractivity contribution in [2.75, 3.05) is 0 Å². The molecule has 0 atom stereocenters. The van der Waals surface area contributed by atoms with Crippen molar-refractivity contribution in [2.24, 2.45) is 0 Å².